The summed E-state index contributed by atoms with van der Waals surface area (Å²) in [4.78, 5) is 11.1. The minimum atomic E-state index is 0.0636. The van der Waals surface area contributed by atoms with Crippen molar-refractivity contribution in [1.82, 2.24) is 16.0 Å². The third-order valence-electron chi connectivity index (χ3n) is 1.18. The molecule has 0 radical (unpaired) electrons. The summed E-state index contributed by atoms with van der Waals surface area (Å²) >= 11 is 0. The van der Waals surface area contributed by atoms with E-state index < -0.39 is 0 Å². The van der Waals surface area contributed by atoms with Crippen molar-refractivity contribution in [2.75, 3.05) is 13.1 Å². The van der Waals surface area contributed by atoms with Crippen LogP contribution in [0.25, 0.3) is 0 Å². The molecular formula is C7H17N3O. The third-order valence-corrected chi connectivity index (χ3v) is 1.18. The van der Waals surface area contributed by atoms with Gasteiger partial charge in [-0.2, -0.15) is 0 Å². The summed E-state index contributed by atoms with van der Waals surface area (Å²) in [6.45, 7) is 7.24. The number of hydrogen-bond donors (Lipinski definition) is 2. The largest absolute Gasteiger partial charge is 0.272 e. The van der Waals surface area contributed by atoms with Gasteiger partial charge in [0.25, 0.3) is 5.91 Å². The second-order valence-electron chi connectivity index (χ2n) is 2.11. The van der Waals surface area contributed by atoms with Gasteiger partial charge in [0.2, 0.25) is 0 Å². The Morgan fingerprint density at radius 2 is 1.64 bits per heavy atom. The van der Waals surface area contributed by atoms with Gasteiger partial charge in [0, 0.05) is 19.5 Å². The van der Waals surface area contributed by atoms with Crippen molar-refractivity contribution >= 4 is 5.91 Å². The molecule has 0 aliphatic heterocycles. The first-order chi connectivity index (χ1) is 5.26. The Morgan fingerprint density at radius 1 is 1.18 bits per heavy atom. The molecule has 0 saturated carbocycles. The van der Waals surface area contributed by atoms with Crippen molar-refractivity contribution in [3.63, 3.8) is 0 Å². The van der Waals surface area contributed by atoms with Crippen molar-refractivity contribution in [1.29, 1.82) is 0 Å². The number of nitrogens with one attached hydrogen (secondary N) is 2. The van der Waals surface area contributed by atoms with Crippen LogP contribution in [-0.4, -0.2) is 24.1 Å². The fourth-order valence-electron chi connectivity index (χ4n) is 0.707. The molecule has 0 aliphatic carbocycles. The maximum Gasteiger partial charge on any atom is 0.251 e. The van der Waals surface area contributed by atoms with Gasteiger partial charge in [-0.1, -0.05) is 20.8 Å². The predicted molar refractivity (Wildman–Crippen MR) is 44.5 cm³/mol. The third kappa shape index (κ3) is 3.95. The molecule has 0 rings (SSSR count). The van der Waals surface area contributed by atoms with Crippen LogP contribution in [0.2, 0.25) is 0 Å². The van der Waals surface area contributed by atoms with Crippen molar-refractivity contribution < 1.29 is 4.79 Å². The smallest absolute Gasteiger partial charge is 0.251 e. The molecule has 1 amide bonds. The Balaban J connectivity index is 3.76. The highest BCUT2D eigenvalue weighted by atomic mass is 16.2. The molecule has 0 aromatic heterocycles. The molecule has 0 spiro atoms. The molecule has 0 saturated heterocycles. The maximum absolute atomic E-state index is 11.1. The SMILES string of the molecule is CCNN(NCC)C(=O)CC. The van der Waals surface area contributed by atoms with Crippen LogP contribution in [0, 0.1) is 0 Å². The summed E-state index contributed by atoms with van der Waals surface area (Å²) in [5.41, 5.74) is 5.81. The number of carbonyl (C=O) groups is 1. The predicted octanol–water partition coefficient (Wildman–Crippen LogP) is 0.274. The van der Waals surface area contributed by atoms with Gasteiger partial charge in [-0.15, -0.1) is 0 Å². The topological polar surface area (TPSA) is 44.4 Å². The minimum Gasteiger partial charge on any atom is -0.272 e. The molecule has 4 nitrogen and oxygen atoms in total. The fourth-order valence-corrected chi connectivity index (χ4v) is 0.707. The zero-order valence-corrected chi connectivity index (χ0v) is 7.48. The van der Waals surface area contributed by atoms with E-state index in [1.807, 2.05) is 20.8 Å². The second kappa shape index (κ2) is 6.12. The van der Waals surface area contributed by atoms with Crippen LogP contribution in [0.4, 0.5) is 0 Å². The van der Waals surface area contributed by atoms with E-state index in [9.17, 15) is 4.79 Å². The average Bonchev–Trinajstić information content (AvgIpc) is 2.03. The van der Waals surface area contributed by atoms with E-state index in [4.69, 9.17) is 0 Å². The monoisotopic (exact) mass is 159 g/mol. The van der Waals surface area contributed by atoms with Gasteiger partial charge < -0.3 is 0 Å². The Morgan fingerprint density at radius 3 is 1.91 bits per heavy atom. The van der Waals surface area contributed by atoms with Crippen molar-refractivity contribution in [3.05, 3.63) is 0 Å². The van der Waals surface area contributed by atoms with Crippen LogP contribution < -0.4 is 10.9 Å². The first-order valence-corrected chi connectivity index (χ1v) is 4.06. The Hall–Kier alpha value is -0.610. The molecule has 0 atom stereocenters. The standard InChI is InChI=1S/C7H17N3O/c1-4-7(11)10(8-5-2)9-6-3/h8-9H,4-6H2,1-3H3. The highest BCUT2D eigenvalue weighted by Crippen LogP contribution is 1.84. The molecule has 0 aliphatic rings. The molecular weight excluding hydrogens is 142 g/mol. The molecule has 66 valence electrons. The van der Waals surface area contributed by atoms with Gasteiger partial charge >= 0.3 is 0 Å². The van der Waals surface area contributed by atoms with Crippen LogP contribution in [0.1, 0.15) is 27.2 Å². The lowest BCUT2D eigenvalue weighted by Crippen LogP contribution is -2.51. The summed E-state index contributed by atoms with van der Waals surface area (Å²) in [6, 6.07) is 0. The van der Waals surface area contributed by atoms with E-state index in [2.05, 4.69) is 10.9 Å². The summed E-state index contributed by atoms with van der Waals surface area (Å²) in [7, 11) is 0. The Bertz CT molecular complexity index is 110. The summed E-state index contributed by atoms with van der Waals surface area (Å²) in [6.07, 6.45) is 0.514. The van der Waals surface area contributed by atoms with Crippen LogP contribution in [0.15, 0.2) is 0 Å². The number of nitrogens with zero attached hydrogens (tertiary/aromatic N) is 1. The summed E-state index contributed by atoms with van der Waals surface area (Å²) in [5.74, 6) is 0.0636. The molecule has 2 N–H and O–H groups in total. The molecule has 0 fully saturated rings. The molecule has 0 unspecified atom stereocenters. The van der Waals surface area contributed by atoms with Gasteiger partial charge in [0.15, 0.2) is 0 Å². The van der Waals surface area contributed by atoms with Gasteiger partial charge in [-0.25, -0.2) is 16.0 Å². The number of carbonyl (C=O) groups excluding carboxylic acids is 1. The Kier molecular flexibility index (Phi) is 5.78. The molecule has 4 heteroatoms. The zero-order chi connectivity index (χ0) is 8.69. The fraction of sp³-hybridized carbons (Fsp3) is 0.857. The lowest BCUT2D eigenvalue weighted by Gasteiger charge is -2.21. The highest BCUT2D eigenvalue weighted by Gasteiger charge is 2.07. The van der Waals surface area contributed by atoms with Crippen molar-refractivity contribution in [2.45, 2.75) is 27.2 Å². The van der Waals surface area contributed by atoms with Gasteiger partial charge in [-0.05, 0) is 0 Å². The molecule has 0 aromatic rings. The molecule has 0 heterocycles. The number of hydrogen-bond acceptors (Lipinski definition) is 3. The summed E-state index contributed by atoms with van der Waals surface area (Å²) < 4.78 is 0. The molecule has 0 aromatic carbocycles. The van der Waals surface area contributed by atoms with Crippen LogP contribution in [0.5, 0.6) is 0 Å². The Labute approximate surface area is 67.9 Å². The normalized spacial score (nSPS) is 9.73. The minimum absolute atomic E-state index is 0.0636. The van der Waals surface area contributed by atoms with Crippen molar-refractivity contribution in [2.24, 2.45) is 0 Å². The van der Waals surface area contributed by atoms with E-state index in [0.29, 0.717) is 6.42 Å². The average molecular weight is 159 g/mol. The second-order valence-corrected chi connectivity index (χ2v) is 2.11. The van der Waals surface area contributed by atoms with Crippen molar-refractivity contribution in [3.8, 4) is 0 Å². The van der Waals surface area contributed by atoms with Gasteiger partial charge in [0.05, 0.1) is 0 Å². The number of hydrazine groups is 2. The first kappa shape index (κ1) is 10.4. The van der Waals surface area contributed by atoms with E-state index in [0.717, 1.165) is 13.1 Å². The van der Waals surface area contributed by atoms with Crippen LogP contribution in [-0.2, 0) is 4.79 Å². The number of amides is 1. The van der Waals surface area contributed by atoms with E-state index in [1.54, 1.807) is 0 Å². The van der Waals surface area contributed by atoms with Gasteiger partial charge in [0.1, 0.15) is 0 Å². The first-order valence-electron chi connectivity index (χ1n) is 4.06. The highest BCUT2D eigenvalue weighted by molar-refractivity contribution is 5.74. The zero-order valence-electron chi connectivity index (χ0n) is 7.48. The van der Waals surface area contributed by atoms with E-state index in [-0.39, 0.29) is 5.91 Å². The molecule has 11 heavy (non-hydrogen) atoms. The summed E-state index contributed by atoms with van der Waals surface area (Å²) in [5, 5.41) is 1.44. The van der Waals surface area contributed by atoms with Gasteiger partial charge in [-0.3, -0.25) is 4.79 Å². The molecule has 0 bridgehead atoms. The van der Waals surface area contributed by atoms with Crippen LogP contribution in [0.3, 0.4) is 0 Å². The number of rotatable bonds is 5. The maximum atomic E-state index is 11.1. The van der Waals surface area contributed by atoms with E-state index >= 15 is 0 Å². The van der Waals surface area contributed by atoms with E-state index in [1.165, 1.54) is 5.12 Å². The quantitative estimate of drug-likeness (QED) is 0.566. The lowest BCUT2D eigenvalue weighted by atomic mass is 10.5. The lowest BCUT2D eigenvalue weighted by molar-refractivity contribution is -0.138. The van der Waals surface area contributed by atoms with Crippen LogP contribution >= 0.6 is 0 Å².